The molecule has 6 heteroatoms. The molecule has 0 radical (unpaired) electrons. The number of benzene rings is 1. The van der Waals surface area contributed by atoms with Crippen LogP contribution < -0.4 is 0 Å². The predicted octanol–water partition coefficient (Wildman–Crippen LogP) is 2.24. The van der Waals surface area contributed by atoms with E-state index >= 15 is 0 Å². The van der Waals surface area contributed by atoms with Crippen molar-refractivity contribution >= 4 is 12.4 Å². The second kappa shape index (κ2) is 6.93. The van der Waals surface area contributed by atoms with Gasteiger partial charge in [0.05, 0.1) is 18.6 Å². The van der Waals surface area contributed by atoms with Crippen molar-refractivity contribution in [3.8, 4) is 0 Å². The van der Waals surface area contributed by atoms with Crippen LogP contribution in [0.4, 0.5) is 0 Å². The van der Waals surface area contributed by atoms with Gasteiger partial charge in [0.15, 0.2) is 0 Å². The Morgan fingerprint density at radius 1 is 1.48 bits per heavy atom. The van der Waals surface area contributed by atoms with Gasteiger partial charge >= 0.3 is 0 Å². The number of nitrogens with zero attached hydrogens (tertiary/aromatic N) is 1. The summed E-state index contributed by atoms with van der Waals surface area (Å²) in [6.07, 6.45) is 5.36. The molecule has 0 heterocycles. The molecule has 0 fully saturated rings. The SMILES string of the molecule is C[N+]([O-])(O)OCC(C=O)COC1CC=Cc2ccccc21. The van der Waals surface area contributed by atoms with Crippen molar-refractivity contribution in [2.24, 2.45) is 5.92 Å². The minimum absolute atomic E-state index is 0.115. The van der Waals surface area contributed by atoms with E-state index in [2.05, 4.69) is 4.84 Å². The summed E-state index contributed by atoms with van der Waals surface area (Å²) in [5, 5.41) is 19.8. The Balaban J connectivity index is 1.90. The molecular formula is C15H19NO5. The van der Waals surface area contributed by atoms with Gasteiger partial charge in [0.1, 0.15) is 19.9 Å². The fourth-order valence-electron chi connectivity index (χ4n) is 2.16. The smallest absolute Gasteiger partial charge is 0.132 e. The molecule has 6 nitrogen and oxygen atoms in total. The first-order valence-corrected chi connectivity index (χ1v) is 6.77. The molecule has 0 aromatic heterocycles. The van der Waals surface area contributed by atoms with E-state index in [1.807, 2.05) is 36.4 Å². The quantitative estimate of drug-likeness (QED) is 0.474. The molecule has 0 saturated heterocycles. The van der Waals surface area contributed by atoms with Crippen molar-refractivity contribution in [1.29, 1.82) is 0 Å². The summed E-state index contributed by atoms with van der Waals surface area (Å²) in [5.41, 5.74) is 2.18. The van der Waals surface area contributed by atoms with Crippen LogP contribution in [-0.2, 0) is 14.4 Å². The first kappa shape index (κ1) is 15.8. The van der Waals surface area contributed by atoms with E-state index in [1.54, 1.807) is 0 Å². The van der Waals surface area contributed by atoms with Gasteiger partial charge < -0.3 is 14.7 Å². The maximum absolute atomic E-state index is 11.0. The van der Waals surface area contributed by atoms with E-state index < -0.39 is 10.9 Å². The molecule has 0 aliphatic heterocycles. The monoisotopic (exact) mass is 293 g/mol. The average Bonchev–Trinajstić information content (AvgIpc) is 2.46. The Morgan fingerprint density at radius 3 is 2.95 bits per heavy atom. The summed E-state index contributed by atoms with van der Waals surface area (Å²) in [7, 11) is 0.922. The maximum Gasteiger partial charge on any atom is 0.132 e. The third-order valence-electron chi connectivity index (χ3n) is 3.22. The molecular weight excluding hydrogens is 274 g/mol. The lowest BCUT2D eigenvalue weighted by atomic mass is 9.95. The van der Waals surface area contributed by atoms with E-state index in [-0.39, 0.29) is 19.3 Å². The molecule has 114 valence electrons. The van der Waals surface area contributed by atoms with Crippen LogP contribution in [0.15, 0.2) is 30.3 Å². The standard InChI is InChI=1S/C15H19NO5/c1-16(18,19)21-11-12(9-17)10-20-15-8-4-6-13-5-2-3-7-14(13)15/h2-7,9,12,15,18H,8,10-11H2,1H3. The number of aldehydes is 1. The number of rotatable bonds is 7. The molecule has 0 saturated carbocycles. The van der Waals surface area contributed by atoms with E-state index in [4.69, 9.17) is 9.94 Å². The zero-order valence-electron chi connectivity index (χ0n) is 11.8. The number of hydroxylamine groups is 3. The molecule has 3 unspecified atom stereocenters. The van der Waals surface area contributed by atoms with Crippen LogP contribution >= 0.6 is 0 Å². The second-order valence-electron chi connectivity index (χ2n) is 5.08. The van der Waals surface area contributed by atoms with Gasteiger partial charge in [-0.15, -0.1) is 0 Å². The molecule has 1 N–H and O–H groups in total. The van der Waals surface area contributed by atoms with E-state index in [9.17, 15) is 10.0 Å². The van der Waals surface area contributed by atoms with Crippen LogP contribution in [0.3, 0.4) is 0 Å². The summed E-state index contributed by atoms with van der Waals surface area (Å²) in [5.74, 6) is -0.596. The van der Waals surface area contributed by atoms with Crippen LogP contribution in [0.25, 0.3) is 6.08 Å². The Hall–Kier alpha value is -1.57. The first-order valence-electron chi connectivity index (χ1n) is 6.77. The highest BCUT2D eigenvalue weighted by atomic mass is 17.1. The maximum atomic E-state index is 11.0. The van der Waals surface area contributed by atoms with Gasteiger partial charge in [0.2, 0.25) is 0 Å². The third-order valence-corrected chi connectivity index (χ3v) is 3.22. The Bertz CT molecular complexity index is 509. The van der Waals surface area contributed by atoms with Crippen molar-refractivity contribution in [2.45, 2.75) is 12.5 Å². The van der Waals surface area contributed by atoms with Gasteiger partial charge in [-0.25, -0.2) is 0 Å². The van der Waals surface area contributed by atoms with Crippen LogP contribution in [0.1, 0.15) is 23.7 Å². The Kier molecular flexibility index (Phi) is 5.22. The summed E-state index contributed by atoms with van der Waals surface area (Å²) < 4.78 is 5.77. The second-order valence-corrected chi connectivity index (χ2v) is 5.08. The third kappa shape index (κ3) is 4.73. The number of hydrogen-bond acceptors (Lipinski definition) is 5. The highest BCUT2D eigenvalue weighted by molar-refractivity contribution is 5.57. The van der Waals surface area contributed by atoms with E-state index in [0.717, 1.165) is 24.6 Å². The van der Waals surface area contributed by atoms with Crippen LogP contribution in [0, 0.1) is 11.1 Å². The molecule has 1 aromatic rings. The summed E-state index contributed by atoms with van der Waals surface area (Å²) in [4.78, 5) is 13.7. The zero-order valence-corrected chi connectivity index (χ0v) is 11.8. The number of carbonyl (C=O) groups excluding carboxylic acids is 1. The summed E-state index contributed by atoms with van der Waals surface area (Å²) in [6, 6.07) is 7.91. The Morgan fingerprint density at radius 2 is 2.24 bits per heavy atom. The van der Waals surface area contributed by atoms with Crippen LogP contribution in [0.5, 0.6) is 0 Å². The Labute approximate surface area is 123 Å². The van der Waals surface area contributed by atoms with Gasteiger partial charge in [-0.05, 0) is 17.5 Å². The number of quaternary nitrogens is 1. The van der Waals surface area contributed by atoms with Gasteiger partial charge in [-0.2, -0.15) is 10.0 Å². The van der Waals surface area contributed by atoms with Crippen molar-refractivity contribution < 1.29 is 24.5 Å². The summed E-state index contributed by atoms with van der Waals surface area (Å²) in [6.45, 7) is -0.0550. The number of carbonyl (C=O) groups is 1. The van der Waals surface area contributed by atoms with Gasteiger partial charge in [-0.3, -0.25) is 0 Å². The first-order chi connectivity index (χ1) is 9.99. The average molecular weight is 293 g/mol. The molecule has 2 rings (SSSR count). The van der Waals surface area contributed by atoms with Crippen molar-refractivity contribution in [3.05, 3.63) is 46.7 Å². The van der Waals surface area contributed by atoms with Crippen LogP contribution in [0.2, 0.25) is 0 Å². The van der Waals surface area contributed by atoms with E-state index in [0.29, 0.717) is 6.29 Å². The molecule has 1 aliphatic rings. The lowest BCUT2D eigenvalue weighted by molar-refractivity contribution is -1.20. The molecule has 21 heavy (non-hydrogen) atoms. The lowest BCUT2D eigenvalue weighted by Gasteiger charge is -2.27. The van der Waals surface area contributed by atoms with Gasteiger partial charge in [-0.1, -0.05) is 41.4 Å². The fraction of sp³-hybridized carbons (Fsp3) is 0.400. The van der Waals surface area contributed by atoms with E-state index in [1.165, 1.54) is 0 Å². The van der Waals surface area contributed by atoms with Gasteiger partial charge in [0, 0.05) is 0 Å². The predicted molar refractivity (Wildman–Crippen MR) is 75.6 cm³/mol. The number of fused-ring (bicyclic) bond motifs is 1. The number of ether oxygens (including phenoxy) is 1. The molecule has 0 bridgehead atoms. The lowest BCUT2D eigenvalue weighted by Crippen LogP contribution is -2.36. The summed E-state index contributed by atoms with van der Waals surface area (Å²) >= 11 is 0. The highest BCUT2D eigenvalue weighted by Gasteiger charge is 2.20. The molecule has 1 aromatic carbocycles. The zero-order chi connectivity index (χ0) is 15.3. The topological polar surface area (TPSA) is 78.8 Å². The van der Waals surface area contributed by atoms with Crippen LogP contribution in [-0.4, -0.2) is 36.7 Å². The molecule has 1 aliphatic carbocycles. The van der Waals surface area contributed by atoms with Crippen molar-refractivity contribution in [2.75, 3.05) is 20.3 Å². The molecule has 0 amide bonds. The highest BCUT2D eigenvalue weighted by Crippen LogP contribution is 2.30. The number of hydrogen-bond donors (Lipinski definition) is 1. The molecule has 0 spiro atoms. The largest absolute Gasteiger partial charge is 0.564 e. The minimum atomic E-state index is -1.88. The van der Waals surface area contributed by atoms with Crippen molar-refractivity contribution in [1.82, 2.24) is 0 Å². The van der Waals surface area contributed by atoms with Crippen molar-refractivity contribution in [3.63, 3.8) is 0 Å². The minimum Gasteiger partial charge on any atom is -0.564 e. The fourth-order valence-corrected chi connectivity index (χ4v) is 2.16. The molecule has 3 atom stereocenters. The van der Waals surface area contributed by atoms with Gasteiger partial charge in [0.25, 0.3) is 0 Å². The normalized spacial score (nSPS) is 21.4.